The van der Waals surface area contributed by atoms with Crippen LogP contribution >= 0.6 is 11.6 Å². The Bertz CT molecular complexity index is 570. The Morgan fingerprint density at radius 2 is 2.20 bits per heavy atom. The van der Waals surface area contributed by atoms with Crippen LogP contribution in [0.15, 0.2) is 52.0 Å². The van der Waals surface area contributed by atoms with Crippen LogP contribution in [0, 0.1) is 5.41 Å². The predicted octanol–water partition coefficient (Wildman–Crippen LogP) is 2.30. The monoisotopic (exact) mass is 292 g/mol. The molecule has 0 aromatic carbocycles. The summed E-state index contributed by atoms with van der Waals surface area (Å²) in [5, 5.41) is 22.2. The largest absolute Gasteiger partial charge is 0.506 e. The van der Waals surface area contributed by atoms with Gasteiger partial charge < -0.3 is 10.0 Å². The van der Waals surface area contributed by atoms with E-state index < -0.39 is 0 Å². The first-order chi connectivity index (χ1) is 9.47. The highest BCUT2D eigenvalue weighted by Crippen LogP contribution is 2.17. The van der Waals surface area contributed by atoms with Crippen molar-refractivity contribution in [1.29, 1.82) is 5.41 Å². The molecule has 2 aliphatic carbocycles. The number of allylic oxidation sites excluding steroid dienone is 4. The molecule has 2 rings (SSSR count). The molecule has 1 atom stereocenters. The number of rotatable bonds is 3. The molecular weight excluding hydrogens is 276 g/mol. The van der Waals surface area contributed by atoms with Gasteiger partial charge >= 0.3 is 0 Å². The molecule has 20 heavy (non-hydrogen) atoms. The van der Waals surface area contributed by atoms with Crippen molar-refractivity contribution in [1.82, 2.24) is 10.3 Å². The van der Waals surface area contributed by atoms with E-state index in [0.717, 1.165) is 6.42 Å². The van der Waals surface area contributed by atoms with Crippen molar-refractivity contribution in [2.75, 3.05) is 14.1 Å². The van der Waals surface area contributed by atoms with Crippen molar-refractivity contribution in [2.24, 2.45) is 5.10 Å². The van der Waals surface area contributed by atoms with Gasteiger partial charge in [-0.3, -0.25) is 10.8 Å². The van der Waals surface area contributed by atoms with Gasteiger partial charge in [-0.15, -0.1) is 0 Å². The molecule has 0 saturated carbocycles. The van der Waals surface area contributed by atoms with E-state index in [2.05, 4.69) is 15.4 Å². The Kier molecular flexibility index (Phi) is 4.42. The molecule has 106 valence electrons. The van der Waals surface area contributed by atoms with Crippen LogP contribution < -0.4 is 5.43 Å². The predicted molar refractivity (Wildman–Crippen MR) is 82.3 cm³/mol. The summed E-state index contributed by atoms with van der Waals surface area (Å²) >= 11 is 5.79. The van der Waals surface area contributed by atoms with Crippen LogP contribution in [0.5, 0.6) is 0 Å². The Labute approximate surface area is 123 Å². The fraction of sp³-hybridized carbons (Fsp3) is 0.286. The van der Waals surface area contributed by atoms with Crippen molar-refractivity contribution >= 4 is 23.0 Å². The van der Waals surface area contributed by atoms with Crippen molar-refractivity contribution in [2.45, 2.75) is 12.5 Å². The van der Waals surface area contributed by atoms with Gasteiger partial charge in [-0.2, -0.15) is 5.10 Å². The fourth-order valence-electron chi connectivity index (χ4n) is 1.87. The Morgan fingerprint density at radius 3 is 2.85 bits per heavy atom. The highest BCUT2D eigenvalue weighted by molar-refractivity contribution is 6.52. The summed E-state index contributed by atoms with van der Waals surface area (Å²) in [5.74, 6) is 0.173. The van der Waals surface area contributed by atoms with Crippen LogP contribution in [0.2, 0.25) is 0 Å². The number of hydrogen-bond acceptors (Lipinski definition) is 5. The lowest BCUT2D eigenvalue weighted by Gasteiger charge is -2.24. The van der Waals surface area contributed by atoms with E-state index in [0.29, 0.717) is 16.4 Å². The molecule has 0 aliphatic heterocycles. The minimum Gasteiger partial charge on any atom is -0.506 e. The molecule has 0 radical (unpaired) electrons. The van der Waals surface area contributed by atoms with E-state index in [-0.39, 0.29) is 17.5 Å². The molecule has 6 heteroatoms. The van der Waals surface area contributed by atoms with Gasteiger partial charge in [0.1, 0.15) is 11.5 Å². The third kappa shape index (κ3) is 3.37. The van der Waals surface area contributed by atoms with E-state index in [1.165, 1.54) is 6.08 Å². The molecular formula is C14H17ClN4O. The van der Waals surface area contributed by atoms with E-state index in [4.69, 9.17) is 17.0 Å². The number of aliphatic hydroxyl groups excluding tert-OH is 1. The summed E-state index contributed by atoms with van der Waals surface area (Å²) < 4.78 is 0. The minimum absolute atomic E-state index is 0.173. The minimum atomic E-state index is 0.173. The molecule has 3 N–H and O–H groups in total. The quantitative estimate of drug-likeness (QED) is 0.552. The molecule has 0 saturated heterocycles. The van der Waals surface area contributed by atoms with Gasteiger partial charge in [0.25, 0.3) is 0 Å². The first-order valence-corrected chi connectivity index (χ1v) is 6.61. The maximum absolute atomic E-state index is 9.84. The van der Waals surface area contributed by atoms with Gasteiger partial charge in [0.05, 0.1) is 11.4 Å². The van der Waals surface area contributed by atoms with Gasteiger partial charge in [0.2, 0.25) is 0 Å². The van der Waals surface area contributed by atoms with Crippen molar-refractivity contribution < 1.29 is 5.11 Å². The second-order valence-electron chi connectivity index (χ2n) is 4.82. The van der Waals surface area contributed by atoms with Crippen molar-refractivity contribution in [3.63, 3.8) is 0 Å². The van der Waals surface area contributed by atoms with Crippen LogP contribution in [0.25, 0.3) is 0 Å². The summed E-state index contributed by atoms with van der Waals surface area (Å²) in [6, 6.07) is 0.212. The zero-order valence-corrected chi connectivity index (χ0v) is 12.1. The van der Waals surface area contributed by atoms with Crippen LogP contribution in [0.3, 0.4) is 0 Å². The van der Waals surface area contributed by atoms with Crippen LogP contribution in [0.1, 0.15) is 6.42 Å². The van der Waals surface area contributed by atoms with E-state index >= 15 is 0 Å². The highest BCUT2D eigenvalue weighted by atomic mass is 35.5. The molecule has 0 heterocycles. The maximum Gasteiger partial charge on any atom is 0.136 e. The summed E-state index contributed by atoms with van der Waals surface area (Å²) in [7, 11) is 3.96. The third-order valence-corrected chi connectivity index (χ3v) is 3.34. The standard InChI is InChI=1S/C14H17ClN4O/c1-19(2)10-4-6-14(20)13(8-10)18-17-12-5-3-9(15)7-11(12)16/h3,5-8,10,16,18,20H,4H2,1-2H3/b16-11?,17-12-. The highest BCUT2D eigenvalue weighted by Gasteiger charge is 2.17. The molecule has 5 nitrogen and oxygen atoms in total. The zero-order valence-electron chi connectivity index (χ0n) is 11.4. The summed E-state index contributed by atoms with van der Waals surface area (Å²) in [6.45, 7) is 0. The van der Waals surface area contributed by atoms with Crippen molar-refractivity contribution in [3.8, 4) is 0 Å². The molecule has 0 fully saturated rings. The normalized spacial score (nSPS) is 24.6. The third-order valence-electron chi connectivity index (χ3n) is 3.11. The molecule has 0 spiro atoms. The molecule has 0 aromatic heterocycles. The summed E-state index contributed by atoms with van der Waals surface area (Å²) in [4.78, 5) is 2.06. The summed E-state index contributed by atoms with van der Waals surface area (Å²) in [5.41, 5.74) is 4.05. The number of hydrogen-bond donors (Lipinski definition) is 3. The number of hydrazone groups is 1. The van der Waals surface area contributed by atoms with Crippen LogP contribution in [-0.4, -0.2) is 41.6 Å². The van der Waals surface area contributed by atoms with E-state index in [1.54, 1.807) is 18.2 Å². The van der Waals surface area contributed by atoms with E-state index in [9.17, 15) is 5.11 Å². The smallest absolute Gasteiger partial charge is 0.136 e. The number of aliphatic hydroxyl groups is 1. The zero-order chi connectivity index (χ0) is 14.7. The first-order valence-electron chi connectivity index (χ1n) is 6.23. The number of nitrogens with zero attached hydrogens (tertiary/aromatic N) is 2. The van der Waals surface area contributed by atoms with Gasteiger partial charge in [-0.25, -0.2) is 0 Å². The van der Waals surface area contributed by atoms with Crippen LogP contribution in [0.4, 0.5) is 0 Å². The number of nitrogens with one attached hydrogen (secondary N) is 2. The van der Waals surface area contributed by atoms with Crippen molar-refractivity contribution in [3.05, 3.63) is 46.9 Å². The second-order valence-corrected chi connectivity index (χ2v) is 5.26. The summed E-state index contributed by atoms with van der Waals surface area (Å²) in [6.07, 6.45) is 9.29. The Morgan fingerprint density at radius 1 is 1.45 bits per heavy atom. The Balaban J connectivity index is 2.12. The molecule has 0 bridgehead atoms. The maximum atomic E-state index is 9.84. The molecule has 0 aromatic rings. The average molecular weight is 293 g/mol. The number of likely N-dealkylation sites (N-methyl/N-ethyl adjacent to an activating group) is 1. The van der Waals surface area contributed by atoms with Gasteiger partial charge in [0.15, 0.2) is 0 Å². The topological polar surface area (TPSA) is 71.7 Å². The number of halogens is 1. The van der Waals surface area contributed by atoms with E-state index in [1.807, 2.05) is 20.2 Å². The fourth-order valence-corrected chi connectivity index (χ4v) is 2.04. The van der Waals surface area contributed by atoms with Crippen LogP contribution in [-0.2, 0) is 0 Å². The lowest BCUT2D eigenvalue weighted by molar-refractivity contribution is 0.327. The SMILES string of the molecule is CN(C)C1C=C(N/N=C2/C=CC(Cl)=CC2=N)C(O)=CC1. The molecule has 0 amide bonds. The average Bonchev–Trinajstić information content (AvgIpc) is 2.39. The first kappa shape index (κ1) is 14.6. The van der Waals surface area contributed by atoms with Gasteiger partial charge in [-0.05, 0) is 50.9 Å². The lowest BCUT2D eigenvalue weighted by atomic mass is 10.0. The molecule has 2 aliphatic rings. The second kappa shape index (κ2) is 6.07. The molecule has 1 unspecified atom stereocenters. The lowest BCUT2D eigenvalue weighted by Crippen LogP contribution is -2.29. The van der Waals surface area contributed by atoms with Gasteiger partial charge in [0, 0.05) is 11.1 Å². The van der Waals surface area contributed by atoms with Gasteiger partial charge in [-0.1, -0.05) is 11.6 Å². The Hall–Kier alpha value is -1.85.